The lowest BCUT2D eigenvalue weighted by atomic mass is 9.77. The number of amides is 1. The summed E-state index contributed by atoms with van der Waals surface area (Å²) in [7, 11) is 0. The number of hydrogen-bond acceptors (Lipinski definition) is 7. The lowest BCUT2D eigenvalue weighted by Gasteiger charge is -2.50. The highest BCUT2D eigenvalue weighted by atomic mass is 16.6. The molecule has 1 aromatic rings. The van der Waals surface area contributed by atoms with Gasteiger partial charge in [0.25, 0.3) is 11.6 Å². The Morgan fingerprint density at radius 1 is 1.24 bits per heavy atom. The van der Waals surface area contributed by atoms with Gasteiger partial charge in [-0.3, -0.25) is 19.7 Å². The molecular formula is C25H34N2O7. The molecule has 0 N–H and O–H groups in total. The minimum absolute atomic E-state index is 0.117. The Morgan fingerprint density at radius 3 is 2.47 bits per heavy atom. The minimum Gasteiger partial charge on any atom is -0.496 e. The quantitative estimate of drug-likeness (QED) is 0.256. The number of carbonyl (C=O) groups is 2. The van der Waals surface area contributed by atoms with Crippen molar-refractivity contribution in [1.29, 1.82) is 0 Å². The average Bonchev–Trinajstić information content (AvgIpc) is 3.15. The first-order valence-electron chi connectivity index (χ1n) is 12.0. The molecule has 0 aromatic heterocycles. The summed E-state index contributed by atoms with van der Waals surface area (Å²) in [5.41, 5.74) is -0.517. The molecule has 2 aliphatic heterocycles. The molecule has 34 heavy (non-hydrogen) atoms. The highest BCUT2D eigenvalue weighted by Crippen LogP contribution is 2.50. The summed E-state index contributed by atoms with van der Waals surface area (Å²) in [5, 5.41) is 11.6. The number of unbranched alkanes of at least 4 members (excludes halogenated alkanes) is 2. The Kier molecular flexibility index (Phi) is 8.17. The SMILES string of the molecule is CCCCC1(CCCC)Oc2ccc([N+](=O)[O-])cc2[C@H](N2CC(OCC)=CC2=O)[C@H]1OC(C)=O. The van der Waals surface area contributed by atoms with Gasteiger partial charge < -0.3 is 19.1 Å². The molecule has 0 unspecified atom stereocenters. The second kappa shape index (κ2) is 10.9. The highest BCUT2D eigenvalue weighted by molar-refractivity contribution is 5.91. The molecule has 0 aliphatic carbocycles. The van der Waals surface area contributed by atoms with E-state index in [1.807, 2.05) is 6.92 Å². The number of nitro benzene ring substituents is 1. The monoisotopic (exact) mass is 474 g/mol. The minimum atomic E-state index is -0.861. The highest BCUT2D eigenvalue weighted by Gasteiger charge is 2.55. The molecule has 0 bridgehead atoms. The van der Waals surface area contributed by atoms with E-state index >= 15 is 0 Å². The first-order valence-corrected chi connectivity index (χ1v) is 12.0. The van der Waals surface area contributed by atoms with E-state index in [1.165, 1.54) is 25.1 Å². The average molecular weight is 475 g/mol. The first kappa shape index (κ1) is 25.5. The van der Waals surface area contributed by atoms with E-state index in [9.17, 15) is 19.7 Å². The maximum Gasteiger partial charge on any atom is 0.303 e. The van der Waals surface area contributed by atoms with Crippen LogP contribution in [0.5, 0.6) is 5.75 Å². The number of fused-ring (bicyclic) bond motifs is 1. The van der Waals surface area contributed by atoms with Crippen LogP contribution in [0.1, 0.15) is 77.8 Å². The summed E-state index contributed by atoms with van der Waals surface area (Å²) in [4.78, 5) is 38.1. The Bertz CT molecular complexity index is 951. The number of benzene rings is 1. The molecule has 3 rings (SSSR count). The van der Waals surface area contributed by atoms with Crippen LogP contribution in [-0.4, -0.2) is 46.6 Å². The second-order valence-electron chi connectivity index (χ2n) is 8.84. The molecule has 1 aromatic carbocycles. The zero-order chi connectivity index (χ0) is 24.9. The topological polar surface area (TPSA) is 108 Å². The van der Waals surface area contributed by atoms with Crippen LogP contribution in [-0.2, 0) is 19.1 Å². The number of ether oxygens (including phenoxy) is 3. The second-order valence-corrected chi connectivity index (χ2v) is 8.84. The molecular weight excluding hydrogens is 440 g/mol. The van der Waals surface area contributed by atoms with E-state index in [0.29, 0.717) is 36.5 Å². The summed E-state index contributed by atoms with van der Waals surface area (Å²) in [6.45, 7) is 7.92. The van der Waals surface area contributed by atoms with Gasteiger partial charge in [0, 0.05) is 30.7 Å². The zero-order valence-corrected chi connectivity index (χ0v) is 20.4. The molecule has 1 amide bonds. The zero-order valence-electron chi connectivity index (χ0n) is 20.4. The van der Waals surface area contributed by atoms with Crippen LogP contribution in [0.15, 0.2) is 30.0 Å². The van der Waals surface area contributed by atoms with Crippen molar-refractivity contribution in [3.05, 3.63) is 45.7 Å². The molecule has 2 aliphatic rings. The number of nitro groups is 1. The number of non-ortho nitro benzene ring substituents is 1. The van der Waals surface area contributed by atoms with Crippen molar-refractivity contribution in [2.75, 3.05) is 13.2 Å². The molecule has 186 valence electrons. The fourth-order valence-electron chi connectivity index (χ4n) is 4.87. The number of carbonyl (C=O) groups excluding carboxylic acids is 2. The number of nitrogens with zero attached hydrogens (tertiary/aromatic N) is 2. The van der Waals surface area contributed by atoms with Crippen LogP contribution in [0, 0.1) is 10.1 Å². The summed E-state index contributed by atoms with van der Waals surface area (Å²) >= 11 is 0. The summed E-state index contributed by atoms with van der Waals surface area (Å²) in [6, 6.07) is 3.67. The third kappa shape index (κ3) is 5.18. The smallest absolute Gasteiger partial charge is 0.303 e. The van der Waals surface area contributed by atoms with Crippen LogP contribution in [0.3, 0.4) is 0 Å². The van der Waals surface area contributed by atoms with Gasteiger partial charge in [0.1, 0.15) is 23.2 Å². The molecule has 9 nitrogen and oxygen atoms in total. The van der Waals surface area contributed by atoms with Crippen LogP contribution < -0.4 is 4.74 Å². The van der Waals surface area contributed by atoms with Crippen molar-refractivity contribution in [3.8, 4) is 5.75 Å². The van der Waals surface area contributed by atoms with E-state index in [1.54, 1.807) is 11.0 Å². The van der Waals surface area contributed by atoms with E-state index in [4.69, 9.17) is 14.2 Å². The lowest BCUT2D eigenvalue weighted by molar-refractivity contribution is -0.385. The van der Waals surface area contributed by atoms with Crippen molar-refractivity contribution < 1.29 is 28.7 Å². The Hall–Kier alpha value is -3.10. The lowest BCUT2D eigenvalue weighted by Crippen LogP contribution is -2.59. The van der Waals surface area contributed by atoms with Gasteiger partial charge in [-0.1, -0.05) is 26.7 Å². The van der Waals surface area contributed by atoms with Crippen LogP contribution in [0.25, 0.3) is 0 Å². The molecule has 2 atom stereocenters. The van der Waals surface area contributed by atoms with Crippen molar-refractivity contribution in [1.82, 2.24) is 4.90 Å². The van der Waals surface area contributed by atoms with Gasteiger partial charge in [0.15, 0.2) is 6.10 Å². The predicted molar refractivity (Wildman–Crippen MR) is 125 cm³/mol. The molecule has 0 spiro atoms. The molecule has 0 fully saturated rings. The third-order valence-electron chi connectivity index (χ3n) is 6.40. The maximum absolute atomic E-state index is 13.1. The third-order valence-corrected chi connectivity index (χ3v) is 6.40. The van der Waals surface area contributed by atoms with Crippen LogP contribution in [0.4, 0.5) is 5.69 Å². The standard InChI is InChI=1S/C25H34N2O7/c1-5-8-12-25(13-9-6-2)24(33-17(4)28)23(26-16-19(32-7-3)15-22(26)29)20-14-18(27(30)31)10-11-21(20)34-25/h10-11,14-15,23-24H,5-9,12-13,16H2,1-4H3/t23-,24+/m0/s1. The Labute approximate surface area is 200 Å². The van der Waals surface area contributed by atoms with Gasteiger partial charge in [-0.05, 0) is 38.7 Å². The van der Waals surface area contributed by atoms with Crippen molar-refractivity contribution in [2.45, 2.75) is 84.0 Å². The van der Waals surface area contributed by atoms with Crippen molar-refractivity contribution >= 4 is 17.6 Å². The Balaban J connectivity index is 2.19. The number of rotatable bonds is 11. The van der Waals surface area contributed by atoms with Crippen LogP contribution in [0.2, 0.25) is 0 Å². The summed E-state index contributed by atoms with van der Waals surface area (Å²) in [5.74, 6) is 0.212. The molecule has 0 saturated heterocycles. The van der Waals surface area contributed by atoms with Crippen molar-refractivity contribution in [3.63, 3.8) is 0 Å². The molecule has 0 saturated carbocycles. The van der Waals surface area contributed by atoms with Gasteiger partial charge in [-0.15, -0.1) is 0 Å². The van der Waals surface area contributed by atoms with E-state index in [2.05, 4.69) is 13.8 Å². The first-order chi connectivity index (χ1) is 16.3. The van der Waals surface area contributed by atoms with E-state index in [0.717, 1.165) is 25.7 Å². The fraction of sp³-hybridized carbons (Fsp3) is 0.600. The Morgan fingerprint density at radius 2 is 1.91 bits per heavy atom. The predicted octanol–water partition coefficient (Wildman–Crippen LogP) is 4.84. The molecule has 0 radical (unpaired) electrons. The largest absolute Gasteiger partial charge is 0.496 e. The van der Waals surface area contributed by atoms with Crippen molar-refractivity contribution in [2.24, 2.45) is 0 Å². The number of esters is 1. The van der Waals surface area contributed by atoms with E-state index < -0.39 is 28.6 Å². The summed E-state index contributed by atoms with van der Waals surface area (Å²) in [6.07, 6.45) is 5.38. The maximum atomic E-state index is 13.1. The molecule has 9 heteroatoms. The van der Waals surface area contributed by atoms with Gasteiger partial charge in [-0.25, -0.2) is 0 Å². The van der Waals surface area contributed by atoms with Gasteiger partial charge in [-0.2, -0.15) is 0 Å². The fourth-order valence-corrected chi connectivity index (χ4v) is 4.87. The number of hydrogen-bond donors (Lipinski definition) is 0. The van der Waals surface area contributed by atoms with E-state index in [-0.39, 0.29) is 18.1 Å². The normalized spacial score (nSPS) is 20.9. The van der Waals surface area contributed by atoms with Gasteiger partial charge in [0.2, 0.25) is 0 Å². The van der Waals surface area contributed by atoms with Gasteiger partial charge >= 0.3 is 5.97 Å². The molecule has 2 heterocycles. The van der Waals surface area contributed by atoms with Crippen LogP contribution >= 0.6 is 0 Å². The summed E-state index contributed by atoms with van der Waals surface area (Å²) < 4.78 is 18.1. The van der Waals surface area contributed by atoms with Gasteiger partial charge in [0.05, 0.1) is 18.1 Å².